The molecule has 1 aromatic heterocycles. The van der Waals surface area contributed by atoms with Crippen molar-refractivity contribution in [3.05, 3.63) is 65.3 Å². The molecule has 0 atom stereocenters. The van der Waals surface area contributed by atoms with Crippen LogP contribution in [0, 0.1) is 11.8 Å². The monoisotopic (exact) mass is 396 g/mol. The molecule has 28 heavy (non-hydrogen) atoms. The third kappa shape index (κ3) is 4.43. The zero-order valence-electron chi connectivity index (χ0n) is 15.0. The number of hydroxylamine groups is 2. The molecule has 3 aromatic rings. The zero-order chi connectivity index (χ0) is 20.1. The van der Waals surface area contributed by atoms with Gasteiger partial charge in [-0.15, -0.1) is 0 Å². The van der Waals surface area contributed by atoms with Crippen molar-refractivity contribution >= 4 is 17.6 Å². The van der Waals surface area contributed by atoms with Crippen LogP contribution in [0.5, 0.6) is 5.75 Å². The maximum absolute atomic E-state index is 10.8. The van der Waals surface area contributed by atoms with E-state index in [0.29, 0.717) is 15.8 Å². The number of urea groups is 1. The molecule has 0 radical (unpaired) electrons. The molecular weight excluding hydrogens is 380 g/mol. The van der Waals surface area contributed by atoms with Crippen LogP contribution in [0.15, 0.2) is 54.6 Å². The Kier molecular flexibility index (Phi) is 5.84. The number of carbonyl (C=O) groups is 1. The second-order valence-corrected chi connectivity index (χ2v) is 6.17. The molecule has 0 saturated carbocycles. The van der Waals surface area contributed by atoms with Crippen molar-refractivity contribution in [3.63, 3.8) is 0 Å². The van der Waals surface area contributed by atoms with Crippen molar-refractivity contribution in [2.75, 3.05) is 13.7 Å². The van der Waals surface area contributed by atoms with Crippen molar-refractivity contribution in [1.82, 2.24) is 14.8 Å². The molecule has 0 saturated heterocycles. The minimum atomic E-state index is -0.972. The summed E-state index contributed by atoms with van der Waals surface area (Å²) in [6, 6.07) is 15.6. The van der Waals surface area contributed by atoms with E-state index in [1.54, 1.807) is 23.9 Å². The molecule has 0 spiro atoms. The normalized spacial score (nSPS) is 10.1. The standard InChI is InChI=1S/C20H17ClN4O3/c1-28-18-10-8-17(9-11-18)25-19(14-4-6-15(21)7-5-14)13-16(23-25)3-2-12-24(27)20(22)26/h4-11,13,27H,12H2,1H3,(H2,22,26). The highest BCUT2D eigenvalue weighted by Gasteiger charge is 2.11. The maximum Gasteiger partial charge on any atom is 0.339 e. The van der Waals surface area contributed by atoms with E-state index in [4.69, 9.17) is 22.1 Å². The van der Waals surface area contributed by atoms with Gasteiger partial charge in [0.15, 0.2) is 0 Å². The number of aromatic nitrogens is 2. The smallest absolute Gasteiger partial charge is 0.339 e. The lowest BCUT2D eigenvalue weighted by molar-refractivity contribution is -0.0269. The number of carbonyl (C=O) groups excluding carboxylic acids is 1. The van der Waals surface area contributed by atoms with Gasteiger partial charge in [0.05, 0.1) is 18.5 Å². The third-order valence-corrected chi connectivity index (χ3v) is 4.12. The highest BCUT2D eigenvalue weighted by Crippen LogP contribution is 2.26. The Hall–Kier alpha value is -3.47. The molecule has 2 amide bonds. The molecule has 2 aromatic carbocycles. The number of benzene rings is 2. The number of hydrogen-bond acceptors (Lipinski definition) is 4. The minimum absolute atomic E-state index is 0.221. The molecule has 8 heteroatoms. The van der Waals surface area contributed by atoms with E-state index in [1.165, 1.54) is 0 Å². The molecule has 0 aliphatic rings. The Balaban J connectivity index is 2.00. The summed E-state index contributed by atoms with van der Waals surface area (Å²) in [5, 5.41) is 14.8. The van der Waals surface area contributed by atoms with E-state index in [0.717, 1.165) is 22.7 Å². The van der Waals surface area contributed by atoms with Gasteiger partial charge in [-0.1, -0.05) is 29.7 Å². The van der Waals surface area contributed by atoms with Gasteiger partial charge in [-0.3, -0.25) is 5.21 Å². The maximum atomic E-state index is 10.8. The summed E-state index contributed by atoms with van der Waals surface area (Å²) in [4.78, 5) is 10.8. The van der Waals surface area contributed by atoms with E-state index in [9.17, 15) is 10.0 Å². The van der Waals surface area contributed by atoms with Crippen LogP contribution in [-0.4, -0.2) is 39.7 Å². The first-order valence-corrected chi connectivity index (χ1v) is 8.61. The van der Waals surface area contributed by atoms with E-state index < -0.39 is 6.03 Å². The first-order chi connectivity index (χ1) is 13.5. The summed E-state index contributed by atoms with van der Waals surface area (Å²) in [6.07, 6.45) is 0. The zero-order valence-corrected chi connectivity index (χ0v) is 15.7. The largest absolute Gasteiger partial charge is 0.497 e. The Morgan fingerprint density at radius 2 is 1.93 bits per heavy atom. The Labute approximate surface area is 166 Å². The number of amides is 2. The van der Waals surface area contributed by atoms with Crippen molar-refractivity contribution in [3.8, 4) is 34.5 Å². The van der Waals surface area contributed by atoms with Gasteiger partial charge in [0.2, 0.25) is 0 Å². The molecular formula is C20H17ClN4O3. The summed E-state index contributed by atoms with van der Waals surface area (Å²) in [7, 11) is 1.60. The predicted octanol–water partition coefficient (Wildman–Crippen LogP) is 3.32. The van der Waals surface area contributed by atoms with E-state index >= 15 is 0 Å². The quantitative estimate of drug-likeness (QED) is 0.402. The van der Waals surface area contributed by atoms with Gasteiger partial charge in [-0.2, -0.15) is 10.2 Å². The number of halogens is 1. The fourth-order valence-electron chi connectivity index (χ4n) is 2.47. The topological polar surface area (TPSA) is 93.6 Å². The van der Waals surface area contributed by atoms with Crippen LogP contribution in [0.3, 0.4) is 0 Å². The SMILES string of the molecule is COc1ccc(-n2nc(C#CCN(O)C(N)=O)cc2-c2ccc(Cl)cc2)cc1. The molecule has 7 nitrogen and oxygen atoms in total. The summed E-state index contributed by atoms with van der Waals surface area (Å²) in [5.74, 6) is 6.22. The van der Waals surface area contributed by atoms with Gasteiger partial charge in [0, 0.05) is 16.7 Å². The fourth-order valence-corrected chi connectivity index (χ4v) is 2.60. The van der Waals surface area contributed by atoms with Gasteiger partial charge < -0.3 is 10.5 Å². The number of ether oxygens (including phenoxy) is 1. The molecule has 142 valence electrons. The number of methoxy groups -OCH3 is 1. The lowest BCUT2D eigenvalue weighted by atomic mass is 10.1. The summed E-state index contributed by atoms with van der Waals surface area (Å²) in [5.41, 5.74) is 7.96. The van der Waals surface area contributed by atoms with Crippen LogP contribution in [0.4, 0.5) is 4.79 Å². The summed E-state index contributed by atoms with van der Waals surface area (Å²) in [6.45, 7) is -0.221. The van der Waals surface area contributed by atoms with E-state index in [-0.39, 0.29) is 6.54 Å². The van der Waals surface area contributed by atoms with Gasteiger partial charge >= 0.3 is 6.03 Å². The average Bonchev–Trinajstić information content (AvgIpc) is 3.12. The van der Waals surface area contributed by atoms with Gasteiger partial charge in [0.1, 0.15) is 18.0 Å². The molecule has 0 bridgehead atoms. The number of hydrogen-bond donors (Lipinski definition) is 2. The second kappa shape index (κ2) is 8.48. The Morgan fingerprint density at radius 3 is 2.54 bits per heavy atom. The van der Waals surface area contributed by atoms with Crippen molar-refractivity contribution in [2.45, 2.75) is 0 Å². The lowest BCUT2D eigenvalue weighted by Crippen LogP contribution is -2.32. The highest BCUT2D eigenvalue weighted by molar-refractivity contribution is 6.30. The third-order valence-electron chi connectivity index (χ3n) is 3.87. The van der Waals surface area contributed by atoms with Crippen molar-refractivity contribution in [1.29, 1.82) is 0 Å². The van der Waals surface area contributed by atoms with Gasteiger partial charge in [-0.25, -0.2) is 9.48 Å². The van der Waals surface area contributed by atoms with Crippen molar-refractivity contribution < 1.29 is 14.7 Å². The van der Waals surface area contributed by atoms with Crippen LogP contribution in [0.1, 0.15) is 5.69 Å². The van der Waals surface area contributed by atoms with Gasteiger partial charge in [0.25, 0.3) is 0 Å². The lowest BCUT2D eigenvalue weighted by Gasteiger charge is -2.08. The first kappa shape index (κ1) is 19.3. The summed E-state index contributed by atoms with van der Waals surface area (Å²) >= 11 is 5.99. The van der Waals surface area contributed by atoms with E-state index in [2.05, 4.69) is 16.9 Å². The van der Waals surface area contributed by atoms with E-state index in [1.807, 2.05) is 42.5 Å². The number of rotatable bonds is 4. The molecule has 0 unspecified atom stereocenters. The van der Waals surface area contributed by atoms with Crippen LogP contribution in [0.2, 0.25) is 5.02 Å². The number of nitrogens with zero attached hydrogens (tertiary/aromatic N) is 3. The molecule has 1 heterocycles. The molecule has 3 rings (SSSR count). The highest BCUT2D eigenvalue weighted by atomic mass is 35.5. The minimum Gasteiger partial charge on any atom is -0.497 e. The van der Waals surface area contributed by atoms with Crippen LogP contribution in [0.25, 0.3) is 16.9 Å². The van der Waals surface area contributed by atoms with Crippen LogP contribution < -0.4 is 10.5 Å². The average molecular weight is 397 g/mol. The summed E-state index contributed by atoms with van der Waals surface area (Å²) < 4.78 is 6.95. The molecule has 0 aliphatic heterocycles. The van der Waals surface area contributed by atoms with Crippen LogP contribution >= 0.6 is 11.6 Å². The number of nitrogens with two attached hydrogens (primary N) is 1. The fraction of sp³-hybridized carbons (Fsp3) is 0.100. The molecule has 3 N–H and O–H groups in total. The molecule has 0 fully saturated rings. The molecule has 0 aliphatic carbocycles. The van der Waals surface area contributed by atoms with Gasteiger partial charge in [-0.05, 0) is 42.3 Å². The first-order valence-electron chi connectivity index (χ1n) is 8.23. The Bertz CT molecular complexity index is 1030. The Morgan fingerprint density at radius 1 is 1.25 bits per heavy atom. The second-order valence-electron chi connectivity index (χ2n) is 5.73. The van der Waals surface area contributed by atoms with Crippen LogP contribution in [-0.2, 0) is 0 Å². The van der Waals surface area contributed by atoms with Crippen molar-refractivity contribution in [2.24, 2.45) is 5.73 Å². The predicted molar refractivity (Wildman–Crippen MR) is 106 cm³/mol. The number of primary amides is 1.